The molecule has 2 N–H and O–H groups in total. The summed E-state index contributed by atoms with van der Waals surface area (Å²) in [7, 11) is 9.17. The second kappa shape index (κ2) is 11.3. The second-order valence-electron chi connectivity index (χ2n) is 6.77. The first kappa shape index (κ1) is 22.5. The summed E-state index contributed by atoms with van der Waals surface area (Å²) in [5.41, 5.74) is 1.13. The molecule has 0 saturated heterocycles. The van der Waals surface area contributed by atoms with Crippen LogP contribution < -0.4 is 20.1 Å². The van der Waals surface area contributed by atoms with Crippen molar-refractivity contribution in [2.24, 2.45) is 4.99 Å². The van der Waals surface area contributed by atoms with Crippen LogP contribution >= 0.6 is 0 Å². The van der Waals surface area contributed by atoms with Gasteiger partial charge in [0.2, 0.25) is 0 Å². The van der Waals surface area contributed by atoms with Gasteiger partial charge in [0.1, 0.15) is 12.2 Å². The molecule has 0 aliphatic carbocycles. The van der Waals surface area contributed by atoms with E-state index in [2.05, 4.69) is 57.8 Å². The third kappa shape index (κ3) is 6.08. The monoisotopic (exact) mass is 403 g/mol. The molecule has 0 saturated carbocycles. The average Bonchev–Trinajstić information content (AvgIpc) is 3.19. The predicted molar refractivity (Wildman–Crippen MR) is 115 cm³/mol. The van der Waals surface area contributed by atoms with Crippen molar-refractivity contribution >= 4 is 5.96 Å². The van der Waals surface area contributed by atoms with Crippen molar-refractivity contribution in [3.05, 3.63) is 35.9 Å². The maximum atomic E-state index is 5.45. The van der Waals surface area contributed by atoms with Gasteiger partial charge >= 0.3 is 0 Å². The fourth-order valence-electron chi connectivity index (χ4n) is 3.11. The summed E-state index contributed by atoms with van der Waals surface area (Å²) in [5, 5.41) is 14.8. The fourth-order valence-corrected chi connectivity index (χ4v) is 3.11. The molecule has 9 nitrogen and oxygen atoms in total. The smallest absolute Gasteiger partial charge is 0.191 e. The van der Waals surface area contributed by atoms with Gasteiger partial charge in [-0.2, -0.15) is 0 Å². The van der Waals surface area contributed by atoms with Gasteiger partial charge in [-0.3, -0.25) is 4.99 Å². The first-order valence-corrected chi connectivity index (χ1v) is 9.73. The molecule has 0 amide bonds. The molecule has 1 aromatic heterocycles. The van der Waals surface area contributed by atoms with Crippen LogP contribution in [0.1, 0.15) is 24.4 Å². The zero-order chi connectivity index (χ0) is 21.2. The average molecular weight is 404 g/mol. The van der Waals surface area contributed by atoms with Crippen LogP contribution in [0.25, 0.3) is 0 Å². The van der Waals surface area contributed by atoms with Crippen molar-refractivity contribution in [2.45, 2.75) is 25.9 Å². The normalized spacial score (nSPS) is 12.7. The van der Waals surface area contributed by atoms with E-state index in [9.17, 15) is 0 Å². The number of hydrogen-bond acceptors (Lipinski definition) is 6. The largest absolute Gasteiger partial charge is 0.493 e. The number of likely N-dealkylation sites (N-methyl/N-ethyl adjacent to an activating group) is 1. The topological polar surface area (TPSA) is 88.8 Å². The van der Waals surface area contributed by atoms with Gasteiger partial charge in [-0.1, -0.05) is 13.0 Å². The summed E-state index contributed by atoms with van der Waals surface area (Å²) in [4.78, 5) is 6.49. The van der Waals surface area contributed by atoms with E-state index in [-0.39, 0.29) is 6.04 Å². The zero-order valence-corrected chi connectivity index (χ0v) is 18.3. The summed E-state index contributed by atoms with van der Waals surface area (Å²) < 4.78 is 12.8. The number of nitrogens with one attached hydrogen (secondary N) is 2. The molecule has 29 heavy (non-hydrogen) atoms. The Morgan fingerprint density at radius 2 is 1.97 bits per heavy atom. The van der Waals surface area contributed by atoms with E-state index in [0.29, 0.717) is 6.54 Å². The molecule has 9 heteroatoms. The van der Waals surface area contributed by atoms with E-state index >= 15 is 0 Å². The Bertz CT molecular complexity index is 789. The number of aromatic nitrogens is 3. The van der Waals surface area contributed by atoms with Crippen LogP contribution in [0, 0.1) is 0 Å². The number of guanidine groups is 1. The van der Waals surface area contributed by atoms with E-state index in [1.54, 1.807) is 27.6 Å². The Hall–Kier alpha value is -2.81. The molecule has 0 spiro atoms. The number of hydrogen-bond donors (Lipinski definition) is 2. The van der Waals surface area contributed by atoms with E-state index in [0.717, 1.165) is 48.4 Å². The Morgan fingerprint density at radius 3 is 2.59 bits per heavy atom. The summed E-state index contributed by atoms with van der Waals surface area (Å²) in [6, 6.07) is 6.14. The van der Waals surface area contributed by atoms with Gasteiger partial charge in [0, 0.05) is 33.1 Å². The maximum absolute atomic E-state index is 5.45. The standard InChI is InChI=1S/C20H33N7O2/c1-7-19-25-24-14-27(19)11-10-22-20(21-2)23-13-16(26(3)4)15-8-9-17(28-5)18(12-15)29-6/h8-9,12,14,16H,7,10-11,13H2,1-6H3,(H2,21,22,23). The van der Waals surface area contributed by atoms with Gasteiger partial charge in [-0.25, -0.2) is 0 Å². The van der Waals surface area contributed by atoms with E-state index < -0.39 is 0 Å². The second-order valence-corrected chi connectivity index (χ2v) is 6.77. The Morgan fingerprint density at radius 1 is 1.21 bits per heavy atom. The fraction of sp³-hybridized carbons (Fsp3) is 0.550. The van der Waals surface area contributed by atoms with Crippen LogP contribution in [0.15, 0.2) is 29.5 Å². The highest BCUT2D eigenvalue weighted by Gasteiger charge is 2.17. The number of methoxy groups -OCH3 is 2. The third-order valence-electron chi connectivity index (χ3n) is 4.76. The first-order chi connectivity index (χ1) is 14.0. The van der Waals surface area contributed by atoms with Crippen LogP contribution in [0.5, 0.6) is 11.5 Å². The number of nitrogens with zero attached hydrogens (tertiary/aromatic N) is 5. The number of ether oxygens (including phenoxy) is 2. The molecule has 1 heterocycles. The Kier molecular flexibility index (Phi) is 8.72. The lowest BCUT2D eigenvalue weighted by atomic mass is 10.1. The number of aliphatic imine (C=N–C) groups is 1. The summed E-state index contributed by atoms with van der Waals surface area (Å²) in [6.07, 6.45) is 2.62. The van der Waals surface area contributed by atoms with Crippen LogP contribution in [0.3, 0.4) is 0 Å². The number of rotatable bonds is 10. The zero-order valence-electron chi connectivity index (χ0n) is 18.3. The van der Waals surface area contributed by atoms with Gasteiger partial charge < -0.3 is 29.6 Å². The van der Waals surface area contributed by atoms with Crippen LogP contribution in [0.2, 0.25) is 0 Å². The molecule has 0 fully saturated rings. The SMILES string of the molecule is CCc1nncn1CCNC(=NC)NCC(c1ccc(OC)c(OC)c1)N(C)C. The lowest BCUT2D eigenvalue weighted by Crippen LogP contribution is -2.42. The Labute approximate surface area is 173 Å². The number of aryl methyl sites for hydroxylation is 1. The van der Waals surface area contributed by atoms with Crippen molar-refractivity contribution in [2.75, 3.05) is 48.5 Å². The molecule has 160 valence electrons. The lowest BCUT2D eigenvalue weighted by Gasteiger charge is -2.26. The van der Waals surface area contributed by atoms with Gasteiger partial charge in [0.15, 0.2) is 17.5 Å². The quantitative estimate of drug-likeness (QED) is 0.457. The van der Waals surface area contributed by atoms with Gasteiger partial charge in [-0.05, 0) is 31.8 Å². The summed E-state index contributed by atoms with van der Waals surface area (Å²) in [6.45, 7) is 4.27. The van der Waals surface area contributed by atoms with Crippen molar-refractivity contribution in [1.82, 2.24) is 30.3 Å². The molecule has 0 aliphatic heterocycles. The molecule has 2 rings (SSSR count). The van der Waals surface area contributed by atoms with Gasteiger partial charge in [-0.15, -0.1) is 10.2 Å². The van der Waals surface area contributed by atoms with Crippen LogP contribution in [-0.2, 0) is 13.0 Å². The van der Waals surface area contributed by atoms with Crippen molar-refractivity contribution < 1.29 is 9.47 Å². The highest BCUT2D eigenvalue weighted by atomic mass is 16.5. The third-order valence-corrected chi connectivity index (χ3v) is 4.76. The van der Waals surface area contributed by atoms with E-state index in [1.807, 2.05) is 16.7 Å². The first-order valence-electron chi connectivity index (χ1n) is 9.73. The van der Waals surface area contributed by atoms with Crippen molar-refractivity contribution in [3.63, 3.8) is 0 Å². The molecule has 1 unspecified atom stereocenters. The minimum Gasteiger partial charge on any atom is -0.493 e. The van der Waals surface area contributed by atoms with Crippen molar-refractivity contribution in [1.29, 1.82) is 0 Å². The minimum absolute atomic E-state index is 0.137. The van der Waals surface area contributed by atoms with Crippen LogP contribution in [-0.4, -0.2) is 74.1 Å². The predicted octanol–water partition coefficient (Wildman–Crippen LogP) is 1.33. The maximum Gasteiger partial charge on any atom is 0.191 e. The molecule has 0 bridgehead atoms. The molecule has 0 aliphatic rings. The van der Waals surface area contributed by atoms with Gasteiger partial charge in [0.25, 0.3) is 0 Å². The number of benzene rings is 1. The van der Waals surface area contributed by atoms with Crippen LogP contribution in [0.4, 0.5) is 0 Å². The molecular weight excluding hydrogens is 370 g/mol. The summed E-state index contributed by atoms with van der Waals surface area (Å²) >= 11 is 0. The highest BCUT2D eigenvalue weighted by molar-refractivity contribution is 5.79. The molecule has 2 aromatic rings. The van der Waals surface area contributed by atoms with Crippen molar-refractivity contribution in [3.8, 4) is 11.5 Å². The van der Waals surface area contributed by atoms with Gasteiger partial charge in [0.05, 0.1) is 20.3 Å². The molecular formula is C20H33N7O2. The minimum atomic E-state index is 0.137. The summed E-state index contributed by atoms with van der Waals surface area (Å²) in [5.74, 6) is 3.18. The highest BCUT2D eigenvalue weighted by Crippen LogP contribution is 2.31. The molecule has 1 aromatic carbocycles. The van der Waals surface area contributed by atoms with E-state index in [1.165, 1.54) is 0 Å². The molecule has 0 radical (unpaired) electrons. The van der Waals surface area contributed by atoms with E-state index in [4.69, 9.17) is 9.47 Å². The Balaban J connectivity index is 1.96. The lowest BCUT2D eigenvalue weighted by molar-refractivity contribution is 0.295. The molecule has 1 atom stereocenters.